The standard InChI is InChI=1S/C67H51N/c1-3-66(47-20-6-4-7-21-47)68-67(48-22-8-5-9-23-48)38-44(2)45-34-36-46(37-35-45)61-43-65-63(59-33-19-17-31-57(59)61)41-51(60-39-49-24-10-12-26-52(49)54-28-14-16-30-56(54)60)42-64(65)62-40-50-25-11-13-27-53(50)55-29-15-18-32-58(55)62/h3-40,42-44,51,66,68H,1,41H2,2H3/b67-38-. The van der Waals surface area contributed by atoms with E-state index in [4.69, 9.17) is 0 Å². The highest BCUT2D eigenvalue weighted by atomic mass is 14.9. The van der Waals surface area contributed by atoms with Crippen LogP contribution in [0.1, 0.15) is 63.7 Å². The second-order valence-corrected chi connectivity index (χ2v) is 18.4. The third-order valence-corrected chi connectivity index (χ3v) is 14.5. The molecule has 0 radical (unpaired) electrons. The van der Waals surface area contributed by atoms with Crippen molar-refractivity contribution in [3.8, 4) is 11.1 Å². The second-order valence-electron chi connectivity index (χ2n) is 18.4. The maximum atomic E-state index is 4.20. The van der Waals surface area contributed by atoms with Crippen molar-refractivity contribution in [2.24, 2.45) is 0 Å². The first kappa shape index (κ1) is 41.2. The first-order chi connectivity index (χ1) is 33.6. The number of hydrogen-bond donors (Lipinski definition) is 1. The highest BCUT2D eigenvalue weighted by Gasteiger charge is 2.28. The van der Waals surface area contributed by atoms with E-state index in [1.807, 2.05) is 6.08 Å². The van der Waals surface area contributed by atoms with Gasteiger partial charge in [-0.1, -0.05) is 231 Å². The van der Waals surface area contributed by atoms with Crippen molar-refractivity contribution in [3.63, 3.8) is 0 Å². The number of hydrogen-bond acceptors (Lipinski definition) is 1. The molecule has 0 amide bonds. The van der Waals surface area contributed by atoms with Crippen molar-refractivity contribution in [1.82, 2.24) is 5.32 Å². The van der Waals surface area contributed by atoms with Crippen molar-refractivity contribution >= 4 is 65.1 Å². The number of allylic oxidation sites excluding steroid dienone is 2. The molecule has 0 heterocycles. The Kier molecular flexibility index (Phi) is 10.6. The summed E-state index contributed by atoms with van der Waals surface area (Å²) < 4.78 is 0. The zero-order valence-corrected chi connectivity index (χ0v) is 38.2. The second kappa shape index (κ2) is 17.5. The van der Waals surface area contributed by atoms with Gasteiger partial charge in [-0.15, -0.1) is 6.58 Å². The Labute approximate surface area is 399 Å². The highest BCUT2D eigenvalue weighted by molar-refractivity contribution is 6.15. The molecule has 0 bridgehead atoms. The van der Waals surface area contributed by atoms with Gasteiger partial charge in [0, 0.05) is 17.5 Å². The summed E-state index contributed by atoms with van der Waals surface area (Å²) in [7, 11) is 0. The molecule has 11 aromatic rings. The lowest BCUT2D eigenvalue weighted by Crippen LogP contribution is -2.18. The monoisotopic (exact) mass is 869 g/mol. The van der Waals surface area contributed by atoms with Gasteiger partial charge in [0.25, 0.3) is 0 Å². The average Bonchev–Trinajstić information content (AvgIpc) is 3.41. The van der Waals surface area contributed by atoms with Crippen LogP contribution >= 0.6 is 0 Å². The van der Waals surface area contributed by atoms with Crippen LogP contribution < -0.4 is 5.32 Å². The van der Waals surface area contributed by atoms with Gasteiger partial charge in [-0.3, -0.25) is 0 Å². The summed E-state index contributed by atoms with van der Waals surface area (Å²) in [6.45, 7) is 6.49. The average molecular weight is 870 g/mol. The largest absolute Gasteiger partial charge is 0.375 e. The van der Waals surface area contributed by atoms with Gasteiger partial charge in [-0.25, -0.2) is 0 Å². The van der Waals surface area contributed by atoms with Crippen molar-refractivity contribution in [2.45, 2.75) is 31.2 Å². The highest BCUT2D eigenvalue weighted by Crippen LogP contribution is 2.48. The Bertz CT molecular complexity index is 3760. The molecule has 1 aliphatic rings. The lowest BCUT2D eigenvalue weighted by molar-refractivity contribution is 0.767. The predicted molar refractivity (Wildman–Crippen MR) is 291 cm³/mol. The minimum Gasteiger partial charge on any atom is -0.375 e. The van der Waals surface area contributed by atoms with E-state index in [0.29, 0.717) is 0 Å². The fourth-order valence-corrected chi connectivity index (χ4v) is 11.1. The van der Waals surface area contributed by atoms with Gasteiger partial charge < -0.3 is 5.32 Å². The molecule has 1 aliphatic carbocycles. The van der Waals surface area contributed by atoms with Crippen molar-refractivity contribution in [2.75, 3.05) is 0 Å². The molecule has 0 fully saturated rings. The Balaban J connectivity index is 1.01. The first-order valence-electron chi connectivity index (χ1n) is 24.0. The van der Waals surface area contributed by atoms with E-state index in [0.717, 1.165) is 17.7 Å². The van der Waals surface area contributed by atoms with Crippen molar-refractivity contribution in [3.05, 3.63) is 288 Å². The molecule has 1 heteroatoms. The van der Waals surface area contributed by atoms with Gasteiger partial charge in [0.1, 0.15) is 0 Å². The van der Waals surface area contributed by atoms with Crippen LogP contribution in [0.3, 0.4) is 0 Å². The van der Waals surface area contributed by atoms with Crippen LogP contribution in [-0.4, -0.2) is 0 Å². The third-order valence-electron chi connectivity index (χ3n) is 14.5. The van der Waals surface area contributed by atoms with E-state index in [1.54, 1.807) is 0 Å². The van der Waals surface area contributed by atoms with Gasteiger partial charge in [-0.2, -0.15) is 0 Å². The molecule has 0 aromatic heterocycles. The SMILES string of the molecule is C=CC(N/C(=C\C(C)c1ccc(-c2cc3c(c4ccccc24)CC(c2cc4ccccc4c4ccccc24)C=C3c2cc3ccccc3c3ccccc23)cc1)c1ccccc1)c1ccccc1. The Hall–Kier alpha value is -8.26. The molecule has 324 valence electrons. The van der Waals surface area contributed by atoms with E-state index < -0.39 is 0 Å². The minimum atomic E-state index is -0.0248. The summed E-state index contributed by atoms with van der Waals surface area (Å²) in [4.78, 5) is 0. The maximum absolute atomic E-state index is 4.20. The van der Waals surface area contributed by atoms with E-state index in [9.17, 15) is 0 Å². The van der Waals surface area contributed by atoms with Gasteiger partial charge in [0.05, 0.1) is 6.04 Å². The molecule has 68 heavy (non-hydrogen) atoms. The predicted octanol–water partition coefficient (Wildman–Crippen LogP) is 17.6. The fourth-order valence-electron chi connectivity index (χ4n) is 11.1. The third kappa shape index (κ3) is 7.38. The molecular formula is C67H51N. The molecule has 3 atom stereocenters. The zero-order chi connectivity index (χ0) is 45.6. The first-order valence-corrected chi connectivity index (χ1v) is 24.0. The number of nitrogens with one attached hydrogen (secondary N) is 1. The van der Waals surface area contributed by atoms with Crippen LogP contribution in [0.25, 0.3) is 76.3 Å². The molecule has 3 unspecified atom stereocenters. The van der Waals surface area contributed by atoms with Crippen LogP contribution in [0.5, 0.6) is 0 Å². The molecule has 11 aromatic carbocycles. The van der Waals surface area contributed by atoms with Crippen LogP contribution in [0.2, 0.25) is 0 Å². The van der Waals surface area contributed by atoms with E-state index in [2.05, 4.69) is 255 Å². The van der Waals surface area contributed by atoms with Gasteiger partial charge in [-0.05, 0) is 134 Å². The Morgan fingerprint density at radius 1 is 0.485 bits per heavy atom. The maximum Gasteiger partial charge on any atom is 0.0695 e. The van der Waals surface area contributed by atoms with Crippen LogP contribution in [0.15, 0.2) is 249 Å². The zero-order valence-electron chi connectivity index (χ0n) is 38.2. The summed E-state index contributed by atoms with van der Waals surface area (Å²) in [5, 5.41) is 16.8. The van der Waals surface area contributed by atoms with Crippen LogP contribution in [0, 0.1) is 0 Å². The minimum absolute atomic E-state index is 0.0248. The Morgan fingerprint density at radius 3 is 1.68 bits per heavy atom. The molecule has 1 nitrogen and oxygen atoms in total. The normalized spacial score (nSPS) is 14.8. The van der Waals surface area contributed by atoms with Gasteiger partial charge >= 0.3 is 0 Å². The molecule has 1 N–H and O–H groups in total. The number of fused-ring (bicyclic) bond motifs is 9. The fraction of sp³-hybridized carbons (Fsp3) is 0.0746. The van der Waals surface area contributed by atoms with Gasteiger partial charge in [0.15, 0.2) is 0 Å². The molecule has 0 aliphatic heterocycles. The lowest BCUT2D eigenvalue weighted by Gasteiger charge is -2.29. The van der Waals surface area contributed by atoms with Crippen LogP contribution in [-0.2, 0) is 6.42 Å². The molecule has 0 saturated carbocycles. The molecule has 0 spiro atoms. The number of benzene rings is 11. The smallest absolute Gasteiger partial charge is 0.0695 e. The topological polar surface area (TPSA) is 12.0 Å². The summed E-state index contributed by atoms with van der Waals surface area (Å²) >= 11 is 0. The molecular weight excluding hydrogens is 819 g/mol. The Morgan fingerprint density at radius 2 is 1.01 bits per heavy atom. The lowest BCUT2D eigenvalue weighted by atomic mass is 9.74. The van der Waals surface area contributed by atoms with E-state index in [-0.39, 0.29) is 17.9 Å². The van der Waals surface area contributed by atoms with Gasteiger partial charge in [0.2, 0.25) is 0 Å². The summed E-state index contributed by atoms with van der Waals surface area (Å²) in [6, 6.07) is 82.7. The summed E-state index contributed by atoms with van der Waals surface area (Å²) in [5.41, 5.74) is 13.8. The molecule has 0 saturated heterocycles. The summed E-state index contributed by atoms with van der Waals surface area (Å²) in [6.07, 6.45) is 7.87. The summed E-state index contributed by atoms with van der Waals surface area (Å²) in [5.74, 6) is 0.303. The number of rotatable bonds is 10. The van der Waals surface area contributed by atoms with Crippen molar-refractivity contribution < 1.29 is 0 Å². The van der Waals surface area contributed by atoms with Crippen LogP contribution in [0.4, 0.5) is 0 Å². The van der Waals surface area contributed by atoms with E-state index in [1.165, 1.54) is 104 Å². The van der Waals surface area contributed by atoms with E-state index >= 15 is 0 Å². The van der Waals surface area contributed by atoms with Crippen molar-refractivity contribution in [1.29, 1.82) is 0 Å². The quantitative estimate of drug-likeness (QED) is 0.107. The molecule has 12 rings (SSSR count).